The molecule has 1 aromatic carbocycles. The topological polar surface area (TPSA) is 108 Å². The number of nitrogens with zero attached hydrogens (tertiary/aromatic N) is 3. The van der Waals surface area contributed by atoms with Gasteiger partial charge in [-0.25, -0.2) is 4.79 Å². The van der Waals surface area contributed by atoms with E-state index in [0.717, 1.165) is 23.7 Å². The molecule has 0 saturated carbocycles. The van der Waals surface area contributed by atoms with Crippen molar-refractivity contribution >= 4 is 23.2 Å². The Labute approximate surface area is 185 Å². The molecule has 11 heteroatoms. The van der Waals surface area contributed by atoms with E-state index >= 15 is 0 Å². The summed E-state index contributed by atoms with van der Waals surface area (Å²) in [5.41, 5.74) is -1.22. The maximum absolute atomic E-state index is 12.2. The predicted octanol–water partition coefficient (Wildman–Crippen LogP) is 2.61. The fourth-order valence-electron chi connectivity index (χ4n) is 3.34. The maximum atomic E-state index is 12.2. The largest absolute Gasteiger partial charge is 0.453 e. The van der Waals surface area contributed by atoms with Gasteiger partial charge in [-0.05, 0) is 37.0 Å². The van der Waals surface area contributed by atoms with Crippen molar-refractivity contribution in [1.29, 1.82) is 0 Å². The smallest absolute Gasteiger partial charge is 0.349 e. The SMILES string of the molecule is O=c1cnn(-c2cc(Cl)c(Oc3ccc(=O)n(CC4CCOCC4)c3)c(Cl)c2)c(=O)[nH]1. The van der Waals surface area contributed by atoms with Crippen molar-refractivity contribution < 1.29 is 9.47 Å². The van der Waals surface area contributed by atoms with Crippen molar-refractivity contribution in [3.8, 4) is 17.2 Å². The highest BCUT2D eigenvalue weighted by atomic mass is 35.5. The minimum Gasteiger partial charge on any atom is -0.453 e. The Morgan fingerprint density at radius 3 is 2.52 bits per heavy atom. The van der Waals surface area contributed by atoms with Crippen LogP contribution in [0.5, 0.6) is 11.5 Å². The molecule has 0 unspecified atom stereocenters. The summed E-state index contributed by atoms with van der Waals surface area (Å²) < 4.78 is 13.8. The van der Waals surface area contributed by atoms with Gasteiger partial charge < -0.3 is 14.0 Å². The minimum absolute atomic E-state index is 0.129. The van der Waals surface area contributed by atoms with E-state index in [9.17, 15) is 14.4 Å². The zero-order valence-electron chi connectivity index (χ0n) is 16.2. The molecular weight excluding hydrogens is 447 g/mol. The zero-order valence-corrected chi connectivity index (χ0v) is 17.7. The lowest BCUT2D eigenvalue weighted by Gasteiger charge is -2.23. The van der Waals surface area contributed by atoms with Crippen LogP contribution < -0.4 is 21.5 Å². The van der Waals surface area contributed by atoms with Crippen LogP contribution in [0.25, 0.3) is 5.69 Å². The van der Waals surface area contributed by atoms with Gasteiger partial charge >= 0.3 is 5.69 Å². The van der Waals surface area contributed by atoms with Crippen molar-refractivity contribution in [1.82, 2.24) is 19.3 Å². The zero-order chi connectivity index (χ0) is 22.0. The molecule has 162 valence electrons. The number of H-pyrrole nitrogens is 1. The predicted molar refractivity (Wildman–Crippen MR) is 115 cm³/mol. The molecule has 0 amide bonds. The molecule has 1 aliphatic rings. The Morgan fingerprint density at radius 2 is 1.84 bits per heavy atom. The Morgan fingerprint density at radius 1 is 1.13 bits per heavy atom. The number of aromatic amines is 1. The average Bonchev–Trinajstić information content (AvgIpc) is 2.73. The van der Waals surface area contributed by atoms with E-state index in [-0.39, 0.29) is 27.0 Å². The van der Waals surface area contributed by atoms with Gasteiger partial charge in [-0.1, -0.05) is 23.2 Å². The van der Waals surface area contributed by atoms with E-state index in [0.29, 0.717) is 31.4 Å². The molecule has 0 atom stereocenters. The van der Waals surface area contributed by atoms with Crippen LogP contribution in [-0.2, 0) is 11.3 Å². The van der Waals surface area contributed by atoms with Crippen molar-refractivity contribution in [3.05, 3.63) is 77.9 Å². The second kappa shape index (κ2) is 9.09. The van der Waals surface area contributed by atoms with E-state index in [4.69, 9.17) is 32.7 Å². The molecule has 0 aliphatic carbocycles. The summed E-state index contributed by atoms with van der Waals surface area (Å²) in [4.78, 5) is 37.5. The molecule has 31 heavy (non-hydrogen) atoms. The summed E-state index contributed by atoms with van der Waals surface area (Å²) in [6.45, 7) is 1.96. The van der Waals surface area contributed by atoms with Crippen LogP contribution in [0.15, 0.2) is 51.0 Å². The monoisotopic (exact) mass is 464 g/mol. The third-order valence-electron chi connectivity index (χ3n) is 4.91. The van der Waals surface area contributed by atoms with Crippen LogP contribution >= 0.6 is 23.2 Å². The minimum atomic E-state index is -0.728. The number of hydrogen-bond acceptors (Lipinski definition) is 6. The third-order valence-corrected chi connectivity index (χ3v) is 5.47. The van der Waals surface area contributed by atoms with Gasteiger partial charge in [0.25, 0.3) is 11.1 Å². The number of halogens is 2. The van der Waals surface area contributed by atoms with Crippen molar-refractivity contribution in [2.45, 2.75) is 19.4 Å². The normalized spacial score (nSPS) is 14.5. The lowest BCUT2D eigenvalue weighted by atomic mass is 10.0. The molecule has 3 aromatic rings. The summed E-state index contributed by atoms with van der Waals surface area (Å²) in [6.07, 6.45) is 4.38. The Balaban J connectivity index is 1.60. The van der Waals surface area contributed by atoms with E-state index in [1.165, 1.54) is 24.3 Å². The number of nitrogens with one attached hydrogen (secondary N) is 1. The van der Waals surface area contributed by atoms with Gasteiger partial charge in [0.05, 0.1) is 15.7 Å². The first kappa shape index (κ1) is 21.4. The van der Waals surface area contributed by atoms with E-state index in [1.807, 2.05) is 0 Å². The number of pyridine rings is 1. The molecule has 0 bridgehead atoms. The lowest BCUT2D eigenvalue weighted by Crippen LogP contribution is -2.30. The van der Waals surface area contributed by atoms with Crippen molar-refractivity contribution in [2.24, 2.45) is 5.92 Å². The summed E-state index contributed by atoms with van der Waals surface area (Å²) in [5.74, 6) is 0.916. The molecule has 0 radical (unpaired) electrons. The molecule has 1 N–H and O–H groups in total. The fourth-order valence-corrected chi connectivity index (χ4v) is 3.89. The van der Waals surface area contributed by atoms with Gasteiger partial charge in [0, 0.05) is 32.0 Å². The lowest BCUT2D eigenvalue weighted by molar-refractivity contribution is 0.0609. The first-order valence-corrected chi connectivity index (χ1v) is 10.3. The number of aromatic nitrogens is 4. The number of benzene rings is 1. The second-order valence-electron chi connectivity index (χ2n) is 7.10. The molecule has 1 fully saturated rings. The van der Waals surface area contributed by atoms with Gasteiger partial charge in [-0.15, -0.1) is 0 Å². The average molecular weight is 465 g/mol. The van der Waals surface area contributed by atoms with Crippen molar-refractivity contribution in [3.63, 3.8) is 0 Å². The molecule has 1 saturated heterocycles. The van der Waals surface area contributed by atoms with E-state index in [2.05, 4.69) is 10.1 Å². The number of rotatable bonds is 5. The number of ether oxygens (including phenoxy) is 2. The Hall–Kier alpha value is -2.88. The van der Waals surface area contributed by atoms with Crippen LogP contribution in [-0.4, -0.2) is 32.5 Å². The van der Waals surface area contributed by atoms with Gasteiger partial charge in [0.1, 0.15) is 11.9 Å². The molecular formula is C20H18Cl2N4O5. The Kier molecular flexibility index (Phi) is 6.26. The summed E-state index contributed by atoms with van der Waals surface area (Å²) in [7, 11) is 0. The fraction of sp³-hybridized carbons (Fsp3) is 0.300. The maximum Gasteiger partial charge on any atom is 0.349 e. The highest BCUT2D eigenvalue weighted by molar-refractivity contribution is 6.37. The summed E-state index contributed by atoms with van der Waals surface area (Å²) in [5, 5.41) is 4.03. The summed E-state index contributed by atoms with van der Waals surface area (Å²) >= 11 is 12.7. The van der Waals surface area contributed by atoms with E-state index in [1.54, 1.807) is 10.8 Å². The molecule has 2 aromatic heterocycles. The highest BCUT2D eigenvalue weighted by Gasteiger charge is 2.17. The van der Waals surface area contributed by atoms with Gasteiger partial charge in [0.15, 0.2) is 5.75 Å². The standard InChI is InChI=1S/C20H18Cl2N4O5/c21-15-7-13(26-20(29)24-17(27)9-23-26)8-16(22)19(15)31-14-1-2-18(28)25(11-14)10-12-3-5-30-6-4-12/h1-2,7-9,11-12H,3-6,10H2,(H,24,27,29). The molecule has 1 aliphatic heterocycles. The van der Waals surface area contributed by atoms with Crippen LogP contribution in [0.3, 0.4) is 0 Å². The third kappa shape index (κ3) is 4.90. The van der Waals surface area contributed by atoms with E-state index < -0.39 is 11.2 Å². The van der Waals surface area contributed by atoms with Gasteiger partial charge in [0.2, 0.25) is 0 Å². The van der Waals surface area contributed by atoms with Gasteiger partial charge in [-0.3, -0.25) is 14.6 Å². The van der Waals surface area contributed by atoms with Gasteiger partial charge in [-0.2, -0.15) is 9.78 Å². The van der Waals surface area contributed by atoms with Crippen LogP contribution in [0.1, 0.15) is 12.8 Å². The summed E-state index contributed by atoms with van der Waals surface area (Å²) in [6, 6.07) is 5.84. The number of hydrogen-bond donors (Lipinski definition) is 1. The Bertz CT molecular complexity index is 1250. The molecule has 3 heterocycles. The first-order chi connectivity index (χ1) is 14.9. The van der Waals surface area contributed by atoms with Crippen LogP contribution in [0.2, 0.25) is 10.0 Å². The molecule has 0 spiro atoms. The quantitative estimate of drug-likeness (QED) is 0.621. The second-order valence-corrected chi connectivity index (χ2v) is 7.92. The van der Waals surface area contributed by atoms with Crippen LogP contribution in [0, 0.1) is 5.92 Å². The van der Waals surface area contributed by atoms with Crippen molar-refractivity contribution in [2.75, 3.05) is 13.2 Å². The highest BCUT2D eigenvalue weighted by Crippen LogP contribution is 2.37. The molecule has 4 rings (SSSR count). The first-order valence-electron chi connectivity index (χ1n) is 9.55. The molecule has 9 nitrogen and oxygen atoms in total. The van der Waals surface area contributed by atoms with Crippen LogP contribution in [0.4, 0.5) is 0 Å².